The molecule has 138 valence electrons. The van der Waals surface area contributed by atoms with Crippen LogP contribution >= 0.6 is 34.8 Å². The molecular formula is C20H16Cl3N3O. The summed E-state index contributed by atoms with van der Waals surface area (Å²) in [6.45, 7) is 3.78. The molecule has 3 aromatic rings. The van der Waals surface area contributed by atoms with Crippen LogP contribution in [-0.4, -0.2) is 14.5 Å². The van der Waals surface area contributed by atoms with Crippen molar-refractivity contribution >= 4 is 34.8 Å². The number of nitrogens with zero attached hydrogens (tertiary/aromatic N) is 3. The third-order valence-electron chi connectivity index (χ3n) is 4.99. The Hall–Kier alpha value is -1.88. The molecule has 1 aliphatic rings. The van der Waals surface area contributed by atoms with Gasteiger partial charge in [0.15, 0.2) is 0 Å². The van der Waals surface area contributed by atoms with Crippen molar-refractivity contribution in [3.05, 3.63) is 84.7 Å². The van der Waals surface area contributed by atoms with Crippen molar-refractivity contribution in [3.63, 3.8) is 0 Å². The summed E-state index contributed by atoms with van der Waals surface area (Å²) in [5.41, 5.74) is 4.05. The molecule has 1 aliphatic carbocycles. The van der Waals surface area contributed by atoms with Gasteiger partial charge < -0.3 is 0 Å². The summed E-state index contributed by atoms with van der Waals surface area (Å²) in [6.07, 6.45) is 6.00. The topological polar surface area (TPSA) is 47.8 Å². The zero-order valence-corrected chi connectivity index (χ0v) is 17.0. The summed E-state index contributed by atoms with van der Waals surface area (Å²) in [4.78, 5) is 21.2. The Labute approximate surface area is 171 Å². The second-order valence-electron chi connectivity index (χ2n) is 6.87. The average Bonchev–Trinajstić information content (AvgIpc) is 3.42. The number of aromatic nitrogens is 3. The van der Waals surface area contributed by atoms with Crippen LogP contribution in [0.3, 0.4) is 0 Å². The Balaban J connectivity index is 1.76. The van der Waals surface area contributed by atoms with Gasteiger partial charge in [0.05, 0.1) is 10.7 Å². The highest BCUT2D eigenvalue weighted by atomic mass is 35.5. The van der Waals surface area contributed by atoms with E-state index in [4.69, 9.17) is 34.8 Å². The number of pyridine rings is 3. The van der Waals surface area contributed by atoms with E-state index in [1.807, 2.05) is 32.2 Å². The quantitative estimate of drug-likeness (QED) is 0.527. The lowest BCUT2D eigenvalue weighted by molar-refractivity contribution is 0.895. The van der Waals surface area contributed by atoms with Crippen molar-refractivity contribution in [3.8, 4) is 5.69 Å². The molecule has 1 saturated carbocycles. The van der Waals surface area contributed by atoms with Gasteiger partial charge in [-0.15, -0.1) is 0 Å². The number of aryl methyl sites for hydroxylation is 2. The molecule has 0 aliphatic heterocycles. The molecule has 1 fully saturated rings. The van der Waals surface area contributed by atoms with Crippen LogP contribution in [0.25, 0.3) is 5.69 Å². The molecule has 0 N–H and O–H groups in total. The van der Waals surface area contributed by atoms with Gasteiger partial charge in [-0.2, -0.15) is 0 Å². The standard InChI is InChI=1S/C20H16Cl3N3O/c1-10-7-25-18(22)6-17(10)26-11(2)3-16(19(23)20(26)27)15-5-14(15)12-4-13(21)9-24-8-12/h3-4,6-9,14-15H,5H2,1-2H3/t14-,15+/m1/s1. The van der Waals surface area contributed by atoms with E-state index in [1.54, 1.807) is 23.0 Å². The van der Waals surface area contributed by atoms with Gasteiger partial charge in [0, 0.05) is 24.3 Å². The van der Waals surface area contributed by atoms with Crippen molar-refractivity contribution in [2.45, 2.75) is 32.1 Å². The van der Waals surface area contributed by atoms with Gasteiger partial charge in [0.1, 0.15) is 10.2 Å². The first-order chi connectivity index (χ1) is 12.9. The van der Waals surface area contributed by atoms with E-state index in [2.05, 4.69) is 9.97 Å². The first-order valence-corrected chi connectivity index (χ1v) is 9.65. The van der Waals surface area contributed by atoms with Gasteiger partial charge in [-0.25, -0.2) is 4.98 Å². The van der Waals surface area contributed by atoms with Crippen LogP contribution in [0.4, 0.5) is 0 Å². The third kappa shape index (κ3) is 3.38. The predicted molar refractivity (Wildman–Crippen MR) is 109 cm³/mol. The summed E-state index contributed by atoms with van der Waals surface area (Å²) in [5.74, 6) is 0.474. The second-order valence-corrected chi connectivity index (χ2v) is 8.08. The molecule has 4 rings (SSSR count). The molecule has 0 amide bonds. The molecule has 0 aromatic carbocycles. The van der Waals surface area contributed by atoms with Gasteiger partial charge in [-0.3, -0.25) is 14.3 Å². The normalized spacial score (nSPS) is 18.6. The fourth-order valence-corrected chi connectivity index (χ4v) is 4.19. The summed E-state index contributed by atoms with van der Waals surface area (Å²) in [7, 11) is 0. The summed E-state index contributed by atoms with van der Waals surface area (Å²) in [6, 6.07) is 5.59. The fourth-order valence-electron chi connectivity index (χ4n) is 3.57. The Bertz CT molecular complexity index is 1110. The number of hydrogen-bond donors (Lipinski definition) is 0. The van der Waals surface area contributed by atoms with Gasteiger partial charge >= 0.3 is 0 Å². The minimum Gasteiger partial charge on any atom is -0.280 e. The van der Waals surface area contributed by atoms with Gasteiger partial charge in [0.25, 0.3) is 5.56 Å². The van der Waals surface area contributed by atoms with Crippen LogP contribution in [0.1, 0.15) is 40.6 Å². The third-order valence-corrected chi connectivity index (χ3v) is 5.78. The zero-order valence-electron chi connectivity index (χ0n) is 14.7. The monoisotopic (exact) mass is 419 g/mol. The van der Waals surface area contributed by atoms with E-state index in [0.717, 1.165) is 28.8 Å². The van der Waals surface area contributed by atoms with Crippen molar-refractivity contribution in [1.29, 1.82) is 0 Å². The predicted octanol–water partition coefficient (Wildman–Crippen LogP) is 5.48. The number of rotatable bonds is 3. The van der Waals surface area contributed by atoms with Crippen LogP contribution in [0, 0.1) is 13.8 Å². The van der Waals surface area contributed by atoms with Crippen molar-refractivity contribution < 1.29 is 0 Å². The molecule has 2 atom stereocenters. The van der Waals surface area contributed by atoms with Crippen LogP contribution in [0.15, 0.2) is 41.6 Å². The van der Waals surface area contributed by atoms with Crippen LogP contribution in [-0.2, 0) is 0 Å². The molecule has 27 heavy (non-hydrogen) atoms. The van der Waals surface area contributed by atoms with E-state index >= 15 is 0 Å². The molecular weight excluding hydrogens is 405 g/mol. The molecule has 3 heterocycles. The van der Waals surface area contributed by atoms with Crippen molar-refractivity contribution in [2.24, 2.45) is 0 Å². The fraction of sp³-hybridized carbons (Fsp3) is 0.250. The molecule has 0 saturated heterocycles. The Kier molecular flexibility index (Phi) is 4.75. The second kappa shape index (κ2) is 6.93. The maximum Gasteiger partial charge on any atom is 0.274 e. The van der Waals surface area contributed by atoms with Crippen molar-refractivity contribution in [2.75, 3.05) is 0 Å². The van der Waals surface area contributed by atoms with Gasteiger partial charge in [-0.05, 0) is 67.0 Å². The average molecular weight is 421 g/mol. The smallest absolute Gasteiger partial charge is 0.274 e. The SMILES string of the molecule is Cc1cnc(Cl)cc1-n1c(C)cc([C@H]2C[C@@H]2c2cncc(Cl)c2)c(Cl)c1=O. The van der Waals surface area contributed by atoms with Crippen LogP contribution in [0.5, 0.6) is 0 Å². The van der Waals surface area contributed by atoms with E-state index in [0.29, 0.717) is 15.9 Å². The minimum atomic E-state index is -0.244. The zero-order chi connectivity index (χ0) is 19.3. The molecule has 4 nitrogen and oxygen atoms in total. The Morgan fingerprint density at radius 1 is 1.04 bits per heavy atom. The Morgan fingerprint density at radius 2 is 1.81 bits per heavy atom. The summed E-state index contributed by atoms with van der Waals surface area (Å²) < 4.78 is 1.59. The molecule has 3 aromatic heterocycles. The molecule has 0 bridgehead atoms. The van der Waals surface area contributed by atoms with E-state index in [1.165, 1.54) is 0 Å². The lowest BCUT2D eigenvalue weighted by Crippen LogP contribution is -2.23. The van der Waals surface area contributed by atoms with Gasteiger partial charge in [-0.1, -0.05) is 34.8 Å². The summed E-state index contributed by atoms with van der Waals surface area (Å²) in [5, 5.41) is 1.19. The van der Waals surface area contributed by atoms with Crippen molar-refractivity contribution in [1.82, 2.24) is 14.5 Å². The minimum absolute atomic E-state index is 0.195. The summed E-state index contributed by atoms with van der Waals surface area (Å²) >= 11 is 18.6. The lowest BCUT2D eigenvalue weighted by Gasteiger charge is -2.15. The number of halogens is 3. The molecule has 0 radical (unpaired) electrons. The highest BCUT2D eigenvalue weighted by Crippen LogP contribution is 2.56. The Morgan fingerprint density at radius 3 is 2.56 bits per heavy atom. The van der Waals surface area contributed by atoms with E-state index in [9.17, 15) is 4.79 Å². The van der Waals surface area contributed by atoms with E-state index < -0.39 is 0 Å². The number of hydrogen-bond acceptors (Lipinski definition) is 3. The molecule has 0 spiro atoms. The lowest BCUT2D eigenvalue weighted by atomic mass is 10.1. The van der Waals surface area contributed by atoms with Gasteiger partial charge in [0.2, 0.25) is 0 Å². The molecule has 7 heteroatoms. The first-order valence-electron chi connectivity index (χ1n) is 8.52. The maximum absolute atomic E-state index is 13.0. The highest BCUT2D eigenvalue weighted by Gasteiger charge is 2.41. The van der Waals surface area contributed by atoms with E-state index in [-0.39, 0.29) is 22.4 Å². The van der Waals surface area contributed by atoms with Crippen LogP contribution in [0.2, 0.25) is 15.2 Å². The highest BCUT2D eigenvalue weighted by molar-refractivity contribution is 6.31. The largest absolute Gasteiger partial charge is 0.280 e. The van der Waals surface area contributed by atoms with Crippen LogP contribution < -0.4 is 5.56 Å². The first kappa shape index (κ1) is 18.5. The maximum atomic E-state index is 13.0. The molecule has 0 unspecified atom stereocenters.